The van der Waals surface area contributed by atoms with Crippen LogP contribution in [0.5, 0.6) is 0 Å². The van der Waals surface area contributed by atoms with Crippen LogP contribution in [0, 0.1) is 5.82 Å². The summed E-state index contributed by atoms with van der Waals surface area (Å²) >= 11 is 0. The Bertz CT molecular complexity index is 403. The number of rotatable bonds is 4. The third-order valence-corrected chi connectivity index (χ3v) is 3.89. The Morgan fingerprint density at radius 3 is 2.44 bits per heavy atom. The van der Waals surface area contributed by atoms with Gasteiger partial charge >= 0.3 is 0 Å². The fourth-order valence-electron chi connectivity index (χ4n) is 2.83. The zero-order valence-corrected chi connectivity index (χ0v) is 11.7. The smallest absolute Gasteiger partial charge is 0.123 e. The molecule has 0 bridgehead atoms. The average Bonchev–Trinajstić information content (AvgIpc) is 2.75. The van der Waals surface area contributed by atoms with Gasteiger partial charge in [-0.05, 0) is 30.5 Å². The molecule has 1 aliphatic rings. The van der Waals surface area contributed by atoms with Gasteiger partial charge in [0.2, 0.25) is 0 Å². The molecule has 0 aromatic heterocycles. The van der Waals surface area contributed by atoms with Crippen LogP contribution in [0.25, 0.3) is 0 Å². The van der Waals surface area contributed by atoms with E-state index < -0.39 is 0 Å². The highest BCUT2D eigenvalue weighted by atomic mass is 19.1. The van der Waals surface area contributed by atoms with Gasteiger partial charge in [0.1, 0.15) is 5.82 Å². The first kappa shape index (κ1) is 13.5. The van der Waals surface area contributed by atoms with Crippen LogP contribution in [0.3, 0.4) is 0 Å². The van der Waals surface area contributed by atoms with Crippen molar-refractivity contribution in [2.75, 3.05) is 27.7 Å². The van der Waals surface area contributed by atoms with Crippen LogP contribution in [-0.4, -0.2) is 32.3 Å². The topological polar surface area (TPSA) is 12.0 Å². The zero-order valence-electron chi connectivity index (χ0n) is 11.7. The second-order valence-corrected chi connectivity index (χ2v) is 6.35. The van der Waals surface area contributed by atoms with Crippen LogP contribution in [0.1, 0.15) is 31.2 Å². The maximum absolute atomic E-state index is 13.4. The highest BCUT2D eigenvalue weighted by Crippen LogP contribution is 2.40. The van der Waals surface area contributed by atoms with E-state index in [4.69, 9.17) is 0 Å². The quantitative estimate of drug-likeness (QED) is 0.641. The van der Waals surface area contributed by atoms with Crippen molar-refractivity contribution in [1.29, 1.82) is 0 Å². The number of hydrogen-bond donors (Lipinski definition) is 1. The molecule has 0 spiro atoms. The van der Waals surface area contributed by atoms with E-state index in [0.29, 0.717) is 0 Å². The number of hydrogen-bond acceptors (Lipinski definition) is 1. The monoisotopic (exact) mass is 251 g/mol. The maximum atomic E-state index is 13.4. The highest BCUT2D eigenvalue weighted by molar-refractivity contribution is 5.27. The van der Waals surface area contributed by atoms with E-state index in [0.717, 1.165) is 29.5 Å². The van der Waals surface area contributed by atoms with Crippen molar-refractivity contribution < 1.29 is 8.98 Å². The molecule has 0 atom stereocenters. The minimum absolute atomic E-state index is 0.119. The predicted octanol–water partition coefficient (Wildman–Crippen LogP) is 2.85. The Labute approximate surface area is 109 Å². The molecule has 0 aliphatic heterocycles. The van der Waals surface area contributed by atoms with E-state index in [1.807, 2.05) is 6.07 Å². The lowest BCUT2D eigenvalue weighted by molar-refractivity contribution is -0.915. The Morgan fingerprint density at radius 2 is 1.89 bits per heavy atom. The summed E-state index contributed by atoms with van der Waals surface area (Å²) in [5.74, 6) is -0.121. The third-order valence-electron chi connectivity index (χ3n) is 3.89. The fraction of sp³-hybridized carbons (Fsp3) is 0.600. The molecular formula is C15H24FN2+. The highest BCUT2D eigenvalue weighted by Gasteiger charge is 2.37. The van der Waals surface area contributed by atoms with Crippen molar-refractivity contribution >= 4 is 0 Å². The molecule has 0 amide bonds. The Kier molecular flexibility index (Phi) is 3.74. The van der Waals surface area contributed by atoms with Crippen molar-refractivity contribution in [2.24, 2.45) is 0 Å². The van der Waals surface area contributed by atoms with Gasteiger partial charge in [0.15, 0.2) is 0 Å². The molecule has 1 aromatic carbocycles. The van der Waals surface area contributed by atoms with E-state index in [9.17, 15) is 4.39 Å². The molecule has 1 aliphatic carbocycles. The molecule has 18 heavy (non-hydrogen) atoms. The van der Waals surface area contributed by atoms with Crippen molar-refractivity contribution in [3.8, 4) is 0 Å². The summed E-state index contributed by atoms with van der Waals surface area (Å²) in [7, 11) is 6.36. The van der Waals surface area contributed by atoms with Crippen LogP contribution in [0.15, 0.2) is 24.3 Å². The first-order chi connectivity index (χ1) is 8.41. The summed E-state index contributed by atoms with van der Waals surface area (Å²) in [6.45, 7) is 0.917. The van der Waals surface area contributed by atoms with Crippen LogP contribution in [-0.2, 0) is 5.41 Å². The van der Waals surface area contributed by atoms with Gasteiger partial charge in [-0.3, -0.25) is 4.59 Å². The number of nitrogens with zero attached hydrogens (tertiary/aromatic N) is 1. The van der Waals surface area contributed by atoms with Crippen molar-refractivity contribution in [1.82, 2.24) is 5.43 Å². The average molecular weight is 251 g/mol. The lowest BCUT2D eigenvalue weighted by Crippen LogP contribution is -2.53. The number of nitrogens with one attached hydrogen (secondary N) is 1. The standard InChI is InChI=1S/C15H24FN2/c1-18(2,3)17-12-15(9-4-5-10-15)13-7-6-8-14(16)11-13/h6-8,11,17H,4-5,9-10,12H2,1-3H3/q+1. The molecule has 0 unspecified atom stereocenters. The Hall–Kier alpha value is -0.930. The van der Waals surface area contributed by atoms with E-state index >= 15 is 0 Å². The van der Waals surface area contributed by atoms with E-state index in [2.05, 4.69) is 32.6 Å². The van der Waals surface area contributed by atoms with Gasteiger partial charge in [0.25, 0.3) is 0 Å². The molecule has 3 heteroatoms. The summed E-state index contributed by atoms with van der Waals surface area (Å²) in [5, 5.41) is 0. The fourth-order valence-corrected chi connectivity index (χ4v) is 2.83. The van der Waals surface area contributed by atoms with Gasteiger partial charge in [-0.1, -0.05) is 25.0 Å². The second kappa shape index (κ2) is 4.98. The first-order valence-electron chi connectivity index (χ1n) is 6.74. The summed E-state index contributed by atoms with van der Waals surface area (Å²) in [5.41, 5.74) is 4.81. The van der Waals surface area contributed by atoms with Crippen LogP contribution >= 0.6 is 0 Å². The molecule has 2 nitrogen and oxygen atoms in total. The molecular weight excluding hydrogens is 227 g/mol. The Morgan fingerprint density at radius 1 is 1.22 bits per heavy atom. The molecule has 100 valence electrons. The van der Waals surface area contributed by atoms with Crippen molar-refractivity contribution in [3.63, 3.8) is 0 Å². The third kappa shape index (κ3) is 3.09. The van der Waals surface area contributed by atoms with Gasteiger partial charge in [0.05, 0.1) is 27.7 Å². The molecule has 1 saturated carbocycles. The number of benzene rings is 1. The predicted molar refractivity (Wildman–Crippen MR) is 72.6 cm³/mol. The van der Waals surface area contributed by atoms with Gasteiger partial charge < -0.3 is 0 Å². The normalized spacial score (nSPS) is 19.1. The molecule has 2 rings (SSSR count). The van der Waals surface area contributed by atoms with Gasteiger partial charge in [0, 0.05) is 5.41 Å². The summed E-state index contributed by atoms with van der Waals surface area (Å²) in [6.07, 6.45) is 4.80. The second-order valence-electron chi connectivity index (χ2n) is 6.35. The molecule has 1 aromatic rings. The molecule has 0 heterocycles. The van der Waals surface area contributed by atoms with Crippen molar-refractivity contribution in [3.05, 3.63) is 35.6 Å². The summed E-state index contributed by atoms with van der Waals surface area (Å²) in [4.78, 5) is 0. The van der Waals surface area contributed by atoms with Gasteiger partial charge in [-0.2, -0.15) is 5.43 Å². The van der Waals surface area contributed by atoms with Gasteiger partial charge in [-0.25, -0.2) is 4.39 Å². The molecule has 0 saturated heterocycles. The maximum Gasteiger partial charge on any atom is 0.123 e. The lowest BCUT2D eigenvalue weighted by Gasteiger charge is -2.34. The Balaban J connectivity index is 2.21. The summed E-state index contributed by atoms with van der Waals surface area (Å²) in [6, 6.07) is 7.14. The van der Waals surface area contributed by atoms with E-state index in [1.165, 1.54) is 18.9 Å². The molecule has 0 radical (unpaired) electrons. The van der Waals surface area contributed by atoms with Crippen LogP contribution < -0.4 is 5.43 Å². The number of quaternary nitrogens is 1. The first-order valence-corrected chi connectivity index (χ1v) is 6.74. The summed E-state index contributed by atoms with van der Waals surface area (Å²) < 4.78 is 14.2. The minimum Gasteiger partial charge on any atom is -0.253 e. The SMILES string of the molecule is C[N+](C)(C)NCC1(c2cccc(F)c2)CCCC1. The molecule has 1 N–H and O–H groups in total. The van der Waals surface area contributed by atoms with E-state index in [1.54, 1.807) is 6.07 Å². The van der Waals surface area contributed by atoms with E-state index in [-0.39, 0.29) is 11.2 Å². The molecule has 1 fully saturated rings. The van der Waals surface area contributed by atoms with Gasteiger partial charge in [-0.15, -0.1) is 0 Å². The minimum atomic E-state index is -0.121. The van der Waals surface area contributed by atoms with Crippen LogP contribution in [0.4, 0.5) is 4.39 Å². The zero-order chi connectivity index (χ0) is 13.2. The number of halogens is 1. The largest absolute Gasteiger partial charge is 0.253 e. The van der Waals surface area contributed by atoms with Crippen LogP contribution in [0.2, 0.25) is 0 Å². The van der Waals surface area contributed by atoms with Crippen molar-refractivity contribution in [2.45, 2.75) is 31.1 Å². The lowest BCUT2D eigenvalue weighted by atomic mass is 9.79.